The zero-order valence-electron chi connectivity index (χ0n) is 19.9. The molecule has 2 fully saturated rings. The van der Waals surface area contributed by atoms with Crippen LogP contribution in [-0.4, -0.2) is 23.2 Å². The van der Waals surface area contributed by atoms with Gasteiger partial charge < -0.3 is 0 Å². The van der Waals surface area contributed by atoms with Gasteiger partial charge >= 0.3 is 6.18 Å². The maximum Gasteiger partial charge on any atom is 0.412 e. The minimum absolute atomic E-state index is 0.0475. The van der Waals surface area contributed by atoms with Crippen LogP contribution in [0.25, 0.3) is 10.4 Å². The monoisotopic (exact) mass is 511 g/mol. The summed E-state index contributed by atoms with van der Waals surface area (Å²) in [6, 6.07) is 6.18. The van der Waals surface area contributed by atoms with Gasteiger partial charge in [-0.1, -0.05) is 31.1 Å². The standard InChI is InChI=1S/C29H28F3NO2S/c30-29(31,32)20-7-8-21(16-34)28(15-20)13-19(14-28)18-10-24-27(25(35)11-18)22(26-6-3-9-36-26)12-23(33-24)17-4-1-2-5-17/h3,6-9,12,16-19H,1-2,4-5,10-11,13-15H2. The number of aromatic nitrogens is 1. The molecule has 2 heterocycles. The fraction of sp³-hybridized carbons (Fsp3) is 0.483. The van der Waals surface area contributed by atoms with Crippen LogP contribution in [0.5, 0.6) is 0 Å². The number of thiophene rings is 1. The number of rotatable bonds is 4. The van der Waals surface area contributed by atoms with Crippen molar-refractivity contribution in [2.45, 2.75) is 69.9 Å². The summed E-state index contributed by atoms with van der Waals surface area (Å²) in [5.74, 6) is 0.666. The van der Waals surface area contributed by atoms with Gasteiger partial charge in [0.25, 0.3) is 0 Å². The molecule has 4 aliphatic carbocycles. The molecule has 36 heavy (non-hydrogen) atoms. The van der Waals surface area contributed by atoms with E-state index in [0.717, 1.165) is 46.3 Å². The summed E-state index contributed by atoms with van der Waals surface area (Å²) < 4.78 is 40.3. The number of halogens is 3. The predicted molar refractivity (Wildman–Crippen MR) is 133 cm³/mol. The number of hydrogen-bond donors (Lipinski definition) is 0. The van der Waals surface area contributed by atoms with E-state index in [1.807, 2.05) is 11.4 Å². The van der Waals surface area contributed by atoms with E-state index in [4.69, 9.17) is 4.98 Å². The third kappa shape index (κ3) is 4.00. The van der Waals surface area contributed by atoms with E-state index in [1.54, 1.807) is 11.3 Å². The van der Waals surface area contributed by atoms with Gasteiger partial charge in [0, 0.05) is 45.0 Å². The van der Waals surface area contributed by atoms with E-state index in [1.165, 1.54) is 18.9 Å². The normalized spacial score (nSPS) is 28.5. The smallest absolute Gasteiger partial charge is 0.298 e. The lowest BCUT2D eigenvalue weighted by molar-refractivity contribution is -0.111. The lowest BCUT2D eigenvalue weighted by Gasteiger charge is -2.53. The number of carbonyl (C=O) groups is 2. The Morgan fingerprint density at radius 1 is 1.08 bits per heavy atom. The average molecular weight is 512 g/mol. The predicted octanol–water partition coefficient (Wildman–Crippen LogP) is 7.63. The van der Waals surface area contributed by atoms with Crippen molar-refractivity contribution in [3.63, 3.8) is 0 Å². The van der Waals surface area contributed by atoms with Crippen LogP contribution in [-0.2, 0) is 11.2 Å². The Balaban J connectivity index is 1.28. The summed E-state index contributed by atoms with van der Waals surface area (Å²) >= 11 is 1.63. The Morgan fingerprint density at radius 2 is 1.86 bits per heavy atom. The van der Waals surface area contributed by atoms with E-state index in [-0.39, 0.29) is 24.0 Å². The van der Waals surface area contributed by atoms with Crippen LogP contribution >= 0.6 is 11.3 Å². The van der Waals surface area contributed by atoms with Gasteiger partial charge in [0.2, 0.25) is 0 Å². The number of fused-ring (bicyclic) bond motifs is 1. The highest BCUT2D eigenvalue weighted by molar-refractivity contribution is 7.13. The van der Waals surface area contributed by atoms with E-state index in [2.05, 4.69) is 12.1 Å². The first-order valence-electron chi connectivity index (χ1n) is 12.8. The van der Waals surface area contributed by atoms with Gasteiger partial charge in [-0.15, -0.1) is 11.3 Å². The van der Waals surface area contributed by atoms with E-state index >= 15 is 0 Å². The number of aldehydes is 1. The maximum absolute atomic E-state index is 13.5. The van der Waals surface area contributed by atoms with Gasteiger partial charge in [-0.05, 0) is 73.4 Å². The number of allylic oxidation sites excluding steroid dienone is 4. The minimum Gasteiger partial charge on any atom is -0.298 e. The van der Waals surface area contributed by atoms with Crippen molar-refractivity contribution in [2.75, 3.05) is 0 Å². The van der Waals surface area contributed by atoms with Crippen LogP contribution in [0.2, 0.25) is 0 Å². The summed E-state index contributed by atoms with van der Waals surface area (Å²) in [5, 5.41) is 2.02. The molecule has 0 radical (unpaired) electrons. The minimum atomic E-state index is -4.39. The second kappa shape index (κ2) is 8.79. The number of hydrogen-bond acceptors (Lipinski definition) is 4. The van der Waals surface area contributed by atoms with Crippen LogP contribution < -0.4 is 0 Å². The van der Waals surface area contributed by atoms with E-state index in [9.17, 15) is 22.8 Å². The molecule has 2 aromatic heterocycles. The quantitative estimate of drug-likeness (QED) is 0.397. The first-order valence-corrected chi connectivity index (χ1v) is 13.7. The number of Topliss-reactive ketones (excluding diaryl/α,β-unsaturated/α-hetero) is 1. The molecule has 0 amide bonds. The molecule has 1 unspecified atom stereocenters. The summed E-state index contributed by atoms with van der Waals surface area (Å²) in [4.78, 5) is 31.3. The third-order valence-electron chi connectivity index (χ3n) is 8.93. The molecular weight excluding hydrogens is 483 g/mol. The summed E-state index contributed by atoms with van der Waals surface area (Å²) in [6.07, 6.45) is 5.28. The van der Waals surface area contributed by atoms with E-state index in [0.29, 0.717) is 43.5 Å². The van der Waals surface area contributed by atoms with Crippen LogP contribution in [0.15, 0.2) is 46.9 Å². The SMILES string of the molecule is O=CC1=CC=C(C(F)(F)F)CC12CC(C1CC(=O)c3c(-c4cccs4)cc(C4CCCC4)nc3C1)C2. The number of pyridine rings is 1. The van der Waals surface area contributed by atoms with Crippen LogP contribution in [0.1, 0.15) is 79.0 Å². The van der Waals surface area contributed by atoms with Crippen LogP contribution in [0, 0.1) is 17.3 Å². The number of alkyl halides is 3. The molecular formula is C29H28F3NO2S. The zero-order valence-corrected chi connectivity index (χ0v) is 20.8. The second-order valence-electron chi connectivity index (χ2n) is 11.0. The van der Waals surface area contributed by atoms with Crippen molar-refractivity contribution < 1.29 is 22.8 Å². The molecule has 0 aliphatic heterocycles. The summed E-state index contributed by atoms with van der Waals surface area (Å²) in [5.41, 5.74) is 2.79. The number of carbonyl (C=O) groups excluding carboxylic acids is 2. The van der Waals surface area contributed by atoms with Gasteiger partial charge in [0.05, 0.1) is 5.69 Å². The molecule has 0 bridgehead atoms. The summed E-state index contributed by atoms with van der Waals surface area (Å²) in [6.45, 7) is 0. The molecule has 7 heteroatoms. The fourth-order valence-corrected chi connectivity index (χ4v) is 7.79. The van der Waals surface area contributed by atoms with Crippen molar-refractivity contribution >= 4 is 23.4 Å². The maximum atomic E-state index is 13.5. The molecule has 0 aromatic carbocycles. The lowest BCUT2D eigenvalue weighted by Crippen LogP contribution is -2.46. The Morgan fingerprint density at radius 3 is 2.53 bits per heavy atom. The Hall–Kier alpha value is -2.54. The van der Waals surface area contributed by atoms with E-state index < -0.39 is 17.2 Å². The van der Waals surface area contributed by atoms with Crippen molar-refractivity contribution in [3.8, 4) is 10.4 Å². The van der Waals surface area contributed by atoms with Gasteiger partial charge in [0.1, 0.15) is 6.29 Å². The molecule has 0 saturated heterocycles. The first-order chi connectivity index (χ1) is 17.3. The van der Waals surface area contributed by atoms with Crippen molar-refractivity contribution in [1.29, 1.82) is 0 Å². The lowest BCUT2D eigenvalue weighted by atomic mass is 9.51. The molecule has 6 rings (SSSR count). The Kier molecular flexibility index (Phi) is 5.82. The third-order valence-corrected chi connectivity index (χ3v) is 9.83. The van der Waals surface area contributed by atoms with Gasteiger partial charge in [-0.2, -0.15) is 13.2 Å². The van der Waals surface area contributed by atoms with Gasteiger partial charge in [-0.25, -0.2) is 0 Å². The molecule has 2 aromatic rings. The van der Waals surface area contributed by atoms with Crippen molar-refractivity contribution in [1.82, 2.24) is 4.98 Å². The highest BCUT2D eigenvalue weighted by atomic mass is 32.1. The number of nitrogens with zero attached hydrogens (tertiary/aromatic N) is 1. The molecule has 3 nitrogen and oxygen atoms in total. The number of ketones is 1. The Bertz CT molecular complexity index is 1260. The molecule has 1 spiro atoms. The fourth-order valence-electron chi connectivity index (χ4n) is 7.04. The van der Waals surface area contributed by atoms with Gasteiger partial charge in [0.15, 0.2) is 5.78 Å². The van der Waals surface area contributed by atoms with Crippen molar-refractivity contribution in [2.24, 2.45) is 17.3 Å². The zero-order chi connectivity index (χ0) is 25.1. The average Bonchev–Trinajstić information content (AvgIpc) is 3.55. The molecule has 2 saturated carbocycles. The summed E-state index contributed by atoms with van der Waals surface area (Å²) in [7, 11) is 0. The second-order valence-corrected chi connectivity index (χ2v) is 12.0. The Labute approximate surface area is 212 Å². The van der Waals surface area contributed by atoms with Crippen LogP contribution in [0.3, 0.4) is 0 Å². The van der Waals surface area contributed by atoms with Crippen molar-refractivity contribution in [3.05, 3.63) is 63.8 Å². The molecule has 1 atom stereocenters. The van der Waals surface area contributed by atoms with Crippen LogP contribution in [0.4, 0.5) is 13.2 Å². The topological polar surface area (TPSA) is 47.0 Å². The molecule has 4 aliphatic rings. The highest BCUT2D eigenvalue weighted by Gasteiger charge is 2.54. The first kappa shape index (κ1) is 23.8. The highest BCUT2D eigenvalue weighted by Crippen LogP contribution is 2.60. The van der Waals surface area contributed by atoms with Gasteiger partial charge in [-0.3, -0.25) is 14.6 Å². The largest absolute Gasteiger partial charge is 0.412 e. The molecule has 188 valence electrons. The molecule has 0 N–H and O–H groups in total.